The highest BCUT2D eigenvalue weighted by Crippen LogP contribution is 2.11. The van der Waals surface area contributed by atoms with Gasteiger partial charge in [0.2, 0.25) is 12.2 Å². The van der Waals surface area contributed by atoms with Crippen molar-refractivity contribution in [2.24, 2.45) is 0 Å². The molecule has 0 aliphatic heterocycles. The SMILES string of the molecule is C1=Cc2nccnc2C1.N=C=O.N=C=O. The molecule has 1 aromatic heterocycles. The molecule has 0 saturated carbocycles. The molecule has 1 aromatic rings. The van der Waals surface area contributed by atoms with Crippen molar-refractivity contribution in [3.05, 3.63) is 29.9 Å². The maximum atomic E-state index is 8.35. The summed E-state index contributed by atoms with van der Waals surface area (Å²) in [6, 6.07) is 0. The lowest BCUT2D eigenvalue weighted by atomic mass is 10.3. The van der Waals surface area contributed by atoms with Gasteiger partial charge in [-0.15, -0.1) is 0 Å². The van der Waals surface area contributed by atoms with Crippen molar-refractivity contribution >= 4 is 18.2 Å². The predicted octanol–water partition coefficient (Wildman–Crippen LogP) is 0.848. The Kier molecular flexibility index (Phi) is 6.87. The molecule has 1 aliphatic rings. The van der Waals surface area contributed by atoms with Crippen molar-refractivity contribution in [3.63, 3.8) is 0 Å². The topological polar surface area (TPSA) is 108 Å². The molecule has 1 heterocycles. The molecule has 0 saturated heterocycles. The number of nitrogens with zero attached hydrogens (tertiary/aromatic N) is 2. The zero-order valence-electron chi connectivity index (χ0n) is 7.73. The van der Waals surface area contributed by atoms with Crippen LogP contribution in [0.15, 0.2) is 18.5 Å². The fourth-order valence-electron chi connectivity index (χ4n) is 0.956. The number of allylic oxidation sites excluding steroid dienone is 1. The smallest absolute Gasteiger partial charge is 0.231 e. The Bertz CT molecular complexity index is 390. The van der Waals surface area contributed by atoms with E-state index in [1.165, 1.54) is 0 Å². The normalized spacial score (nSPS) is 9.33. The Labute approximate surface area is 85.7 Å². The van der Waals surface area contributed by atoms with Crippen LogP contribution in [-0.2, 0) is 16.0 Å². The predicted molar refractivity (Wildman–Crippen MR) is 51.6 cm³/mol. The van der Waals surface area contributed by atoms with Crippen molar-refractivity contribution in [1.29, 1.82) is 10.8 Å². The van der Waals surface area contributed by atoms with E-state index in [9.17, 15) is 0 Å². The monoisotopic (exact) mass is 204 g/mol. The number of hydrogen-bond acceptors (Lipinski definition) is 6. The molecule has 0 bridgehead atoms. The molecular formula is C9H8N4O2. The second-order valence-corrected chi connectivity index (χ2v) is 2.20. The molecule has 6 heteroatoms. The van der Waals surface area contributed by atoms with Crippen LogP contribution in [0.25, 0.3) is 6.08 Å². The molecule has 6 nitrogen and oxygen atoms in total. The second-order valence-electron chi connectivity index (χ2n) is 2.20. The van der Waals surface area contributed by atoms with Crippen LogP contribution in [0, 0.1) is 10.8 Å². The molecule has 2 rings (SSSR count). The van der Waals surface area contributed by atoms with Crippen LogP contribution in [-0.4, -0.2) is 22.1 Å². The van der Waals surface area contributed by atoms with Gasteiger partial charge in [-0.3, -0.25) is 9.97 Å². The highest BCUT2D eigenvalue weighted by molar-refractivity contribution is 5.52. The minimum Gasteiger partial charge on any atom is -0.257 e. The first kappa shape index (κ1) is 12.6. The third kappa shape index (κ3) is 5.00. The Morgan fingerprint density at radius 1 is 1.13 bits per heavy atom. The van der Waals surface area contributed by atoms with Gasteiger partial charge in [0.05, 0.1) is 11.4 Å². The second kappa shape index (κ2) is 8.19. The molecule has 0 unspecified atom stereocenters. The summed E-state index contributed by atoms with van der Waals surface area (Å²) in [4.78, 5) is 24.9. The van der Waals surface area contributed by atoms with Gasteiger partial charge in [0.1, 0.15) is 0 Å². The highest BCUT2D eigenvalue weighted by atomic mass is 16.1. The molecule has 0 spiro atoms. The fourth-order valence-corrected chi connectivity index (χ4v) is 0.956. The van der Waals surface area contributed by atoms with Crippen molar-refractivity contribution < 1.29 is 9.59 Å². The van der Waals surface area contributed by atoms with Crippen LogP contribution in [0.4, 0.5) is 0 Å². The maximum Gasteiger partial charge on any atom is 0.231 e. The third-order valence-corrected chi connectivity index (χ3v) is 1.39. The molecule has 0 amide bonds. The molecule has 15 heavy (non-hydrogen) atoms. The Morgan fingerprint density at radius 3 is 2.20 bits per heavy atom. The van der Waals surface area contributed by atoms with Gasteiger partial charge in [-0.25, -0.2) is 20.4 Å². The lowest BCUT2D eigenvalue weighted by Crippen LogP contribution is -1.88. The van der Waals surface area contributed by atoms with Crippen LogP contribution in [0.3, 0.4) is 0 Å². The van der Waals surface area contributed by atoms with E-state index in [1.807, 2.05) is 6.08 Å². The third-order valence-electron chi connectivity index (χ3n) is 1.39. The minimum absolute atomic E-state index is 0.750. The van der Waals surface area contributed by atoms with Gasteiger partial charge >= 0.3 is 0 Å². The first-order chi connectivity index (χ1) is 7.29. The molecule has 1 aliphatic carbocycles. The Balaban J connectivity index is 0.000000280. The molecule has 0 fully saturated rings. The highest BCUT2D eigenvalue weighted by Gasteiger charge is 2.03. The number of aromatic nitrogens is 2. The van der Waals surface area contributed by atoms with Crippen LogP contribution in [0.2, 0.25) is 0 Å². The summed E-state index contributed by atoms with van der Waals surface area (Å²) in [5.74, 6) is 0. The zero-order valence-corrected chi connectivity index (χ0v) is 7.73. The minimum atomic E-state index is 0.750. The van der Waals surface area contributed by atoms with E-state index in [2.05, 4.69) is 16.0 Å². The van der Waals surface area contributed by atoms with Gasteiger partial charge in [-0.2, -0.15) is 0 Å². The van der Waals surface area contributed by atoms with Crippen LogP contribution < -0.4 is 0 Å². The van der Waals surface area contributed by atoms with Gasteiger partial charge in [-0.05, 0) is 6.08 Å². The van der Waals surface area contributed by atoms with Gasteiger partial charge in [0.15, 0.2) is 0 Å². The maximum absolute atomic E-state index is 8.35. The van der Waals surface area contributed by atoms with Gasteiger partial charge < -0.3 is 0 Å². The van der Waals surface area contributed by atoms with Crippen molar-refractivity contribution in [2.45, 2.75) is 6.42 Å². The van der Waals surface area contributed by atoms with Crippen molar-refractivity contribution in [1.82, 2.24) is 9.97 Å². The average molecular weight is 204 g/mol. The van der Waals surface area contributed by atoms with Crippen molar-refractivity contribution in [3.8, 4) is 0 Å². The largest absolute Gasteiger partial charge is 0.257 e. The number of rotatable bonds is 0. The average Bonchev–Trinajstić information content (AvgIpc) is 2.67. The number of hydrogen-bond donors (Lipinski definition) is 2. The lowest BCUT2D eigenvalue weighted by Gasteiger charge is -1.91. The number of isocyanates is 2. The Morgan fingerprint density at radius 2 is 1.67 bits per heavy atom. The molecule has 2 N–H and O–H groups in total. The lowest BCUT2D eigenvalue weighted by molar-refractivity contribution is 0.562. The summed E-state index contributed by atoms with van der Waals surface area (Å²) in [5, 5.41) is 10.8. The summed E-state index contributed by atoms with van der Waals surface area (Å²) in [7, 11) is 0. The Hall–Kier alpha value is -2.42. The van der Waals surface area contributed by atoms with E-state index >= 15 is 0 Å². The van der Waals surface area contributed by atoms with Crippen LogP contribution >= 0.6 is 0 Å². The van der Waals surface area contributed by atoms with E-state index in [0.29, 0.717) is 0 Å². The fraction of sp³-hybridized carbons (Fsp3) is 0.111. The van der Waals surface area contributed by atoms with Crippen LogP contribution in [0.1, 0.15) is 11.4 Å². The quantitative estimate of drug-likeness (QED) is 0.482. The summed E-state index contributed by atoms with van der Waals surface area (Å²) >= 11 is 0. The standard InChI is InChI=1S/C7H6N2.2CHNO/c1-2-6-7(3-1)9-5-4-8-6;2*2-1-3/h1-2,4-5H,3H2;2*2H. The molecule has 0 atom stereocenters. The van der Waals surface area contributed by atoms with E-state index in [0.717, 1.165) is 30.0 Å². The summed E-state index contributed by atoms with van der Waals surface area (Å²) in [6.07, 6.45) is 9.97. The van der Waals surface area contributed by atoms with E-state index in [4.69, 9.17) is 20.4 Å². The van der Waals surface area contributed by atoms with Gasteiger partial charge in [0, 0.05) is 18.8 Å². The summed E-state index contributed by atoms with van der Waals surface area (Å²) < 4.78 is 0. The van der Waals surface area contributed by atoms with Crippen molar-refractivity contribution in [2.75, 3.05) is 0 Å². The first-order valence-corrected chi connectivity index (χ1v) is 3.84. The summed E-state index contributed by atoms with van der Waals surface area (Å²) in [5.41, 5.74) is 2.12. The van der Waals surface area contributed by atoms with Gasteiger partial charge in [-0.1, -0.05) is 6.08 Å². The first-order valence-electron chi connectivity index (χ1n) is 3.84. The number of carbonyl (C=O) groups excluding carboxylic acids is 2. The number of fused-ring (bicyclic) bond motifs is 1. The van der Waals surface area contributed by atoms with Gasteiger partial charge in [0.25, 0.3) is 0 Å². The van der Waals surface area contributed by atoms with E-state index < -0.39 is 0 Å². The molecule has 0 radical (unpaired) electrons. The van der Waals surface area contributed by atoms with E-state index in [-0.39, 0.29) is 0 Å². The molecule has 76 valence electrons. The molecular weight excluding hydrogens is 196 g/mol. The molecule has 0 aromatic carbocycles. The van der Waals surface area contributed by atoms with E-state index in [1.54, 1.807) is 12.4 Å². The van der Waals surface area contributed by atoms with Crippen LogP contribution in [0.5, 0.6) is 0 Å². The zero-order chi connectivity index (χ0) is 11.5. The number of nitrogens with one attached hydrogen (secondary N) is 2. The summed E-state index contributed by atoms with van der Waals surface area (Å²) in [6.45, 7) is 0.